The molecule has 0 amide bonds. The minimum absolute atomic E-state index is 0. The zero-order valence-corrected chi connectivity index (χ0v) is 35.1. The number of hydrogen-bond acceptors (Lipinski definition) is 0. The summed E-state index contributed by atoms with van der Waals surface area (Å²) in [5, 5.41) is 0. The van der Waals surface area contributed by atoms with Crippen LogP contribution in [-0.2, 0) is 32.6 Å². The molecule has 6 aromatic rings. The Bertz CT molecular complexity index is 1230. The molecule has 0 fully saturated rings. The van der Waals surface area contributed by atoms with Crippen molar-refractivity contribution in [2.45, 2.75) is 12.8 Å². The van der Waals surface area contributed by atoms with Crippen LogP contribution in [0.5, 0.6) is 0 Å². The van der Waals surface area contributed by atoms with E-state index in [1.165, 1.54) is 22.3 Å². The Morgan fingerprint density at radius 1 is 0.447 bits per heavy atom. The van der Waals surface area contributed by atoms with Crippen LogP contribution in [0.15, 0.2) is 182 Å². The van der Waals surface area contributed by atoms with E-state index in [9.17, 15) is 0 Å². The third-order valence-corrected chi connectivity index (χ3v) is 5.63. The van der Waals surface area contributed by atoms with Gasteiger partial charge in [0.05, 0.1) is 0 Å². The minimum Gasteiger partial charge on any atom is -0.273 e. The molecule has 0 saturated carbocycles. The molecule has 0 aliphatic heterocycles. The van der Waals surface area contributed by atoms with Gasteiger partial charge < -0.3 is 0 Å². The van der Waals surface area contributed by atoms with Crippen molar-refractivity contribution in [3.05, 3.63) is 230 Å². The van der Waals surface area contributed by atoms with Gasteiger partial charge in [-0.3, -0.25) is 6.08 Å². The largest absolute Gasteiger partial charge is 0.273 e. The van der Waals surface area contributed by atoms with E-state index in [0.29, 0.717) is 0 Å². The molecular formula is C42H42Cl2Si2Zr-6. The maximum absolute atomic E-state index is 3.30. The van der Waals surface area contributed by atoms with E-state index in [1.807, 2.05) is 140 Å². The van der Waals surface area contributed by atoms with E-state index in [4.69, 9.17) is 0 Å². The van der Waals surface area contributed by atoms with E-state index in [0.717, 1.165) is 12.8 Å². The molecule has 0 saturated heterocycles. The first kappa shape index (κ1) is 48.1. The second-order valence-electron chi connectivity index (χ2n) is 8.71. The van der Waals surface area contributed by atoms with Crippen LogP contribution in [0.2, 0.25) is 0 Å². The van der Waals surface area contributed by atoms with Gasteiger partial charge in [0.25, 0.3) is 0 Å². The first-order valence-electron chi connectivity index (χ1n) is 13.9. The Morgan fingerprint density at radius 2 is 0.872 bits per heavy atom. The van der Waals surface area contributed by atoms with Crippen LogP contribution in [0.4, 0.5) is 0 Å². The van der Waals surface area contributed by atoms with Crippen LogP contribution in [0.25, 0.3) is 11.1 Å². The van der Waals surface area contributed by atoms with Crippen LogP contribution >= 0.6 is 24.8 Å². The minimum atomic E-state index is 0. The molecule has 0 atom stereocenters. The zero-order chi connectivity index (χ0) is 29.2. The summed E-state index contributed by atoms with van der Waals surface area (Å²) in [5.41, 5.74) is 5.51. The summed E-state index contributed by atoms with van der Waals surface area (Å²) in [4.78, 5) is 0. The molecule has 242 valence electrons. The van der Waals surface area contributed by atoms with Gasteiger partial charge in [-0.1, -0.05) is 35.4 Å². The summed E-state index contributed by atoms with van der Waals surface area (Å²) < 4.78 is 0. The monoisotopic (exact) mass is 762 g/mol. The van der Waals surface area contributed by atoms with E-state index in [-0.39, 0.29) is 72.9 Å². The van der Waals surface area contributed by atoms with Gasteiger partial charge >= 0.3 is 0 Å². The first-order chi connectivity index (χ1) is 20.9. The number of fused-ring (bicyclic) bond motifs is 3. The third-order valence-electron chi connectivity index (χ3n) is 5.63. The maximum Gasteiger partial charge on any atom is 0 e. The molecule has 5 heteroatoms. The average Bonchev–Trinajstić information content (AvgIpc) is 3.82. The molecule has 0 spiro atoms. The summed E-state index contributed by atoms with van der Waals surface area (Å²) in [5.74, 6) is 0. The van der Waals surface area contributed by atoms with Crippen LogP contribution in [-0.4, -0.2) is 21.9 Å². The fourth-order valence-corrected chi connectivity index (χ4v) is 3.71. The van der Waals surface area contributed by atoms with Crippen molar-refractivity contribution in [3.8, 4) is 11.1 Å². The molecule has 0 aromatic heterocycles. The van der Waals surface area contributed by atoms with Gasteiger partial charge in [0.15, 0.2) is 0 Å². The van der Waals surface area contributed by atoms with E-state index >= 15 is 0 Å². The Labute approximate surface area is 324 Å². The second kappa shape index (κ2) is 34.0. The fraction of sp³-hybridized carbons (Fsp3) is 0.0476. The van der Waals surface area contributed by atoms with Crippen LogP contribution in [0, 0.1) is 36.4 Å². The van der Waals surface area contributed by atoms with Crippen LogP contribution < -0.4 is 0 Å². The number of rotatable bonds is 0. The molecule has 0 bridgehead atoms. The third kappa shape index (κ3) is 22.8. The van der Waals surface area contributed by atoms with Gasteiger partial charge in [0.1, 0.15) is 0 Å². The quantitative estimate of drug-likeness (QED) is 0.107. The van der Waals surface area contributed by atoms with Crippen molar-refractivity contribution in [1.29, 1.82) is 0 Å². The van der Waals surface area contributed by atoms with E-state index < -0.39 is 0 Å². The Morgan fingerprint density at radius 3 is 1.19 bits per heavy atom. The smallest absolute Gasteiger partial charge is 0 e. The summed E-state index contributed by atoms with van der Waals surface area (Å²) >= 11 is 0. The SMILES string of the molecule is Cl.Cl.[C-]1=CC=CC1.[SiH3].[SiH3].[Zr].[c-]1cccc2c1Cc1ccccc1-2.[c-]1ccccc1.[c-]1ccccc1.[c-]1ccccc1.[c-]1ccccc1. The molecular weight excluding hydrogens is 723 g/mol. The molecule has 0 heterocycles. The van der Waals surface area contributed by atoms with Gasteiger partial charge in [-0.2, -0.15) is 181 Å². The molecule has 0 N–H and O–H groups in total. The van der Waals surface area contributed by atoms with Gasteiger partial charge in [-0.15, -0.1) is 36.8 Å². The van der Waals surface area contributed by atoms with Crippen molar-refractivity contribution in [2.24, 2.45) is 0 Å². The number of benzene rings is 6. The summed E-state index contributed by atoms with van der Waals surface area (Å²) in [6, 6.07) is 68.1. The molecule has 2 radical (unpaired) electrons. The molecule has 2 aliphatic rings. The molecule has 0 nitrogen and oxygen atoms in total. The van der Waals surface area contributed by atoms with Crippen molar-refractivity contribution in [1.82, 2.24) is 0 Å². The number of halogens is 2. The average molecular weight is 765 g/mol. The van der Waals surface area contributed by atoms with Crippen molar-refractivity contribution in [2.75, 3.05) is 0 Å². The Kier molecular flexibility index (Phi) is 34.8. The Balaban J connectivity index is -0.000000504. The molecule has 2 aliphatic carbocycles. The Hall–Kier alpha value is -3.30. The zero-order valence-electron chi connectivity index (χ0n) is 27.1. The van der Waals surface area contributed by atoms with Gasteiger partial charge in [-0.25, -0.2) is 12.2 Å². The summed E-state index contributed by atoms with van der Waals surface area (Å²) in [6.45, 7) is 0. The number of hydrogen-bond donors (Lipinski definition) is 0. The van der Waals surface area contributed by atoms with Gasteiger partial charge in [0, 0.05) is 26.2 Å². The summed E-state index contributed by atoms with van der Waals surface area (Å²) in [7, 11) is 0. The first-order valence-corrected chi connectivity index (χ1v) is 13.9. The maximum atomic E-state index is 3.30. The predicted molar refractivity (Wildman–Crippen MR) is 211 cm³/mol. The van der Waals surface area contributed by atoms with Crippen molar-refractivity contribution < 1.29 is 26.2 Å². The van der Waals surface area contributed by atoms with E-state index in [1.54, 1.807) is 0 Å². The standard InChI is InChI=1S/C13H9.4C6H5.C5H5.2ClH.2H3Si.Zr/c1-3-7-12-10(5-1)9-11-6-2-4-8-13(11)12;4*1-2-4-6-5-3-1;1-2-4-5-3-1;;;;;/h1-5,7-8H,9H2;4*1-5H;1-3H,4H2;2*1H;2*1H3;/q6*-1;;;;;. The topological polar surface area (TPSA) is 0 Å². The molecule has 47 heavy (non-hydrogen) atoms. The van der Waals surface area contributed by atoms with Gasteiger partial charge in [-0.05, 0) is 28.4 Å². The normalized spacial score (nSPS) is 9.36. The molecule has 6 aromatic carbocycles. The van der Waals surface area contributed by atoms with E-state index in [2.05, 4.69) is 78.9 Å². The van der Waals surface area contributed by atoms with Crippen LogP contribution in [0.1, 0.15) is 17.5 Å². The van der Waals surface area contributed by atoms with Crippen LogP contribution in [0.3, 0.4) is 0 Å². The van der Waals surface area contributed by atoms with Crippen molar-refractivity contribution in [3.63, 3.8) is 0 Å². The van der Waals surface area contributed by atoms with Crippen molar-refractivity contribution >= 4 is 46.7 Å². The second-order valence-corrected chi connectivity index (χ2v) is 8.71. The fourth-order valence-electron chi connectivity index (χ4n) is 3.71. The molecule has 0 unspecified atom stereocenters. The molecule has 8 rings (SSSR count). The van der Waals surface area contributed by atoms with Gasteiger partial charge in [0.2, 0.25) is 0 Å². The predicted octanol–water partition coefficient (Wildman–Crippen LogP) is 8.78. The number of allylic oxidation sites excluding steroid dienone is 4. The summed E-state index contributed by atoms with van der Waals surface area (Å²) in [6.07, 6.45) is 11.0.